The molecule has 0 spiro atoms. The molecule has 3 aromatic carbocycles. The number of rotatable bonds is 6. The lowest BCUT2D eigenvalue weighted by molar-refractivity contribution is -0.117. The summed E-state index contributed by atoms with van der Waals surface area (Å²) >= 11 is 31.2. The van der Waals surface area contributed by atoms with Crippen LogP contribution >= 0.6 is 58.0 Å². The summed E-state index contributed by atoms with van der Waals surface area (Å²) in [7, 11) is 0. The van der Waals surface area contributed by atoms with Crippen molar-refractivity contribution in [3.63, 3.8) is 0 Å². The smallest absolute Gasteiger partial charge is 0.231 e. The molecule has 1 N–H and O–H groups in total. The number of aromatic nitrogens is 1. The van der Waals surface area contributed by atoms with Crippen molar-refractivity contribution in [3.05, 3.63) is 92.5 Å². The van der Waals surface area contributed by atoms with Crippen LogP contribution in [0.5, 0.6) is 0 Å². The number of hydrogen-bond donors (Lipinski definition) is 1. The average Bonchev–Trinajstić information content (AvgIpc) is 3.12. The first-order chi connectivity index (χ1) is 17.0. The third kappa shape index (κ3) is 4.81. The van der Waals surface area contributed by atoms with Crippen molar-refractivity contribution >= 4 is 86.5 Å². The normalized spacial score (nSPS) is 18.3. The molecule has 1 aliphatic rings. The zero-order valence-electron chi connectivity index (χ0n) is 18.0. The van der Waals surface area contributed by atoms with Gasteiger partial charge in [-0.1, -0.05) is 34.8 Å². The van der Waals surface area contributed by atoms with Crippen LogP contribution in [0.25, 0.3) is 11.1 Å². The summed E-state index contributed by atoms with van der Waals surface area (Å²) < 4.78 is 18.3. The van der Waals surface area contributed by atoms with Gasteiger partial charge in [0.2, 0.25) is 5.91 Å². The summed E-state index contributed by atoms with van der Waals surface area (Å²) in [6.45, 7) is 0. The van der Waals surface area contributed by atoms with E-state index in [1.807, 2.05) is 0 Å². The second-order valence-electron chi connectivity index (χ2n) is 8.38. The molecule has 2 unspecified atom stereocenters. The second kappa shape index (κ2) is 9.51. The fraction of sp³-hybridized carbons (Fsp3) is 0.160. The van der Waals surface area contributed by atoms with E-state index in [-0.39, 0.29) is 22.6 Å². The standard InChI is InChI=1S/C25H14Cl5FN2O3/c26-13-3-12(4-14(27)7-13)22-23(25(22,29)30)24(35)33-15-1-2-17(28)16(8-15)20(34)5-11-6-21-19(9-18(11)31)32-10-36-21/h1-4,6-10,22-23H,5H2,(H,33,35). The molecule has 0 bridgehead atoms. The molecular weight excluding hydrogens is 573 g/mol. The van der Waals surface area contributed by atoms with Crippen LogP contribution in [0.15, 0.2) is 59.3 Å². The summed E-state index contributed by atoms with van der Waals surface area (Å²) in [4.78, 5) is 29.9. The number of amides is 1. The number of ketones is 1. The molecule has 0 saturated heterocycles. The topological polar surface area (TPSA) is 72.2 Å². The van der Waals surface area contributed by atoms with Gasteiger partial charge in [-0.15, -0.1) is 23.2 Å². The van der Waals surface area contributed by atoms with Crippen molar-refractivity contribution in [3.8, 4) is 0 Å². The Bertz CT molecular complexity index is 1520. The average molecular weight is 587 g/mol. The SMILES string of the molecule is O=C(Cc1cc2ocnc2cc1F)c1cc(NC(=O)C2C(c3cc(Cl)cc(Cl)c3)C2(Cl)Cl)ccc1Cl. The van der Waals surface area contributed by atoms with Crippen molar-refractivity contribution < 1.29 is 18.4 Å². The molecule has 1 aromatic heterocycles. The van der Waals surface area contributed by atoms with Gasteiger partial charge in [-0.05, 0) is 53.6 Å². The summed E-state index contributed by atoms with van der Waals surface area (Å²) in [6, 6.07) is 11.9. The fourth-order valence-electron chi connectivity index (χ4n) is 4.18. The molecular formula is C25H14Cl5FN2O3. The summed E-state index contributed by atoms with van der Waals surface area (Å²) in [5.41, 5.74) is 1.89. The maximum absolute atomic E-state index is 14.5. The number of oxazole rings is 1. The molecule has 1 heterocycles. The number of carbonyl (C=O) groups excluding carboxylic acids is 2. The Morgan fingerprint density at radius 2 is 1.75 bits per heavy atom. The monoisotopic (exact) mass is 584 g/mol. The van der Waals surface area contributed by atoms with Crippen LogP contribution in [0.3, 0.4) is 0 Å². The van der Waals surface area contributed by atoms with Crippen LogP contribution in [0.4, 0.5) is 10.1 Å². The Kier molecular flexibility index (Phi) is 6.68. The molecule has 1 amide bonds. The van der Waals surface area contributed by atoms with Gasteiger partial charge in [0.1, 0.15) is 15.7 Å². The van der Waals surface area contributed by atoms with Gasteiger partial charge in [0.05, 0.1) is 10.9 Å². The van der Waals surface area contributed by atoms with Gasteiger partial charge < -0.3 is 9.73 Å². The molecule has 5 rings (SSSR count). The molecule has 2 atom stereocenters. The lowest BCUT2D eigenvalue weighted by atomic mass is 10.0. The zero-order valence-corrected chi connectivity index (χ0v) is 21.8. The number of halogens is 6. The van der Waals surface area contributed by atoms with Crippen molar-refractivity contribution in [2.45, 2.75) is 16.7 Å². The first-order valence-electron chi connectivity index (χ1n) is 10.5. The molecule has 4 aromatic rings. The number of anilines is 1. The van der Waals surface area contributed by atoms with E-state index in [4.69, 9.17) is 62.4 Å². The van der Waals surface area contributed by atoms with E-state index >= 15 is 0 Å². The van der Waals surface area contributed by atoms with E-state index in [1.165, 1.54) is 36.7 Å². The van der Waals surface area contributed by atoms with Crippen LogP contribution in [0.1, 0.15) is 27.4 Å². The van der Waals surface area contributed by atoms with Gasteiger partial charge in [-0.2, -0.15) is 0 Å². The lowest BCUT2D eigenvalue weighted by Gasteiger charge is -2.10. The van der Waals surface area contributed by atoms with E-state index in [9.17, 15) is 14.0 Å². The number of carbonyl (C=O) groups is 2. The van der Waals surface area contributed by atoms with Crippen molar-refractivity contribution in [1.29, 1.82) is 0 Å². The highest BCUT2D eigenvalue weighted by molar-refractivity contribution is 6.53. The van der Waals surface area contributed by atoms with Crippen molar-refractivity contribution in [1.82, 2.24) is 4.98 Å². The highest BCUT2D eigenvalue weighted by Gasteiger charge is 2.67. The predicted molar refractivity (Wildman–Crippen MR) is 139 cm³/mol. The molecule has 36 heavy (non-hydrogen) atoms. The van der Waals surface area contributed by atoms with Gasteiger partial charge in [-0.25, -0.2) is 9.37 Å². The first-order valence-corrected chi connectivity index (χ1v) is 12.4. The zero-order chi connectivity index (χ0) is 25.8. The van der Waals surface area contributed by atoms with Gasteiger partial charge >= 0.3 is 0 Å². The van der Waals surface area contributed by atoms with Crippen LogP contribution in [0.2, 0.25) is 15.1 Å². The van der Waals surface area contributed by atoms with Gasteiger partial charge in [-0.3, -0.25) is 9.59 Å². The highest BCUT2D eigenvalue weighted by Crippen LogP contribution is 2.65. The summed E-state index contributed by atoms with van der Waals surface area (Å²) in [6.07, 6.45) is 0.923. The second-order valence-corrected chi connectivity index (χ2v) is 11.1. The molecule has 1 aliphatic carbocycles. The number of nitrogens with one attached hydrogen (secondary N) is 1. The largest absolute Gasteiger partial charge is 0.443 e. The molecule has 11 heteroatoms. The Hall–Kier alpha value is -2.35. The number of benzene rings is 3. The third-order valence-corrected chi connectivity index (χ3v) is 7.67. The highest BCUT2D eigenvalue weighted by atomic mass is 35.5. The molecule has 5 nitrogen and oxygen atoms in total. The third-order valence-electron chi connectivity index (χ3n) is 5.96. The molecule has 0 radical (unpaired) electrons. The summed E-state index contributed by atoms with van der Waals surface area (Å²) in [5, 5.41) is 3.67. The Balaban J connectivity index is 1.34. The van der Waals surface area contributed by atoms with Gasteiger partial charge in [0.25, 0.3) is 0 Å². The van der Waals surface area contributed by atoms with Crippen molar-refractivity contribution in [2.24, 2.45) is 5.92 Å². The number of fused-ring (bicyclic) bond motifs is 1. The number of hydrogen-bond acceptors (Lipinski definition) is 4. The Labute approximate surface area is 229 Å². The first kappa shape index (κ1) is 25.3. The number of Topliss-reactive ketones (excluding diaryl/α,β-unsaturated/α-hetero) is 1. The van der Waals surface area contributed by atoms with Gasteiger partial charge in [0, 0.05) is 39.7 Å². The lowest BCUT2D eigenvalue weighted by Crippen LogP contribution is -2.17. The molecule has 1 fully saturated rings. The van der Waals surface area contributed by atoms with Crippen LogP contribution in [-0.2, 0) is 11.2 Å². The minimum Gasteiger partial charge on any atom is -0.443 e. The number of alkyl halides is 2. The van der Waals surface area contributed by atoms with E-state index < -0.39 is 33.7 Å². The van der Waals surface area contributed by atoms with Crippen LogP contribution < -0.4 is 5.32 Å². The van der Waals surface area contributed by atoms with E-state index in [0.29, 0.717) is 32.4 Å². The van der Waals surface area contributed by atoms with E-state index in [0.717, 1.165) is 0 Å². The Morgan fingerprint density at radius 3 is 2.47 bits per heavy atom. The minimum absolute atomic E-state index is 0.114. The minimum atomic E-state index is -1.36. The van der Waals surface area contributed by atoms with Crippen molar-refractivity contribution in [2.75, 3.05) is 5.32 Å². The molecule has 0 aliphatic heterocycles. The maximum atomic E-state index is 14.5. The summed E-state index contributed by atoms with van der Waals surface area (Å²) in [5.74, 6) is -2.81. The quantitative estimate of drug-likeness (QED) is 0.184. The fourth-order valence-corrected chi connectivity index (χ4v) is 5.78. The number of nitrogens with zero attached hydrogens (tertiary/aromatic N) is 1. The van der Waals surface area contributed by atoms with E-state index in [1.54, 1.807) is 18.2 Å². The predicted octanol–water partition coefficient (Wildman–Crippen LogP) is 7.88. The van der Waals surface area contributed by atoms with Crippen LogP contribution in [0, 0.1) is 11.7 Å². The maximum Gasteiger partial charge on any atom is 0.231 e. The van der Waals surface area contributed by atoms with E-state index in [2.05, 4.69) is 10.3 Å². The Morgan fingerprint density at radius 1 is 1.03 bits per heavy atom. The van der Waals surface area contributed by atoms with Gasteiger partial charge in [0.15, 0.2) is 17.8 Å². The van der Waals surface area contributed by atoms with Crippen LogP contribution in [-0.4, -0.2) is 21.0 Å². The molecule has 184 valence electrons. The molecule has 1 saturated carbocycles.